The number of fused-ring (bicyclic) bond motifs is 1. The van der Waals surface area contributed by atoms with Crippen molar-refractivity contribution in [1.82, 2.24) is 10.3 Å². The molecule has 6 nitrogen and oxygen atoms in total. The van der Waals surface area contributed by atoms with Crippen molar-refractivity contribution in [3.05, 3.63) is 70.9 Å². The molecular weight excluding hydrogens is 392 g/mol. The minimum Gasteiger partial charge on any atom is -0.480 e. The summed E-state index contributed by atoms with van der Waals surface area (Å²) >= 11 is 5.82. The Morgan fingerprint density at radius 1 is 1.03 bits per heavy atom. The van der Waals surface area contributed by atoms with Crippen molar-refractivity contribution in [1.29, 1.82) is 0 Å². The third-order valence-corrected chi connectivity index (χ3v) is 4.93. The number of halogens is 1. The molecule has 1 unspecified atom stereocenters. The van der Waals surface area contributed by atoms with E-state index in [9.17, 15) is 19.5 Å². The van der Waals surface area contributed by atoms with E-state index in [1.54, 1.807) is 30.5 Å². The van der Waals surface area contributed by atoms with Gasteiger partial charge in [-0.1, -0.05) is 41.9 Å². The number of benzene rings is 2. The van der Waals surface area contributed by atoms with Crippen LogP contribution in [-0.4, -0.2) is 33.8 Å². The summed E-state index contributed by atoms with van der Waals surface area (Å²) in [6, 6.07) is 13.5. The number of hydrogen-bond donors (Lipinski definition) is 3. The van der Waals surface area contributed by atoms with Gasteiger partial charge in [-0.05, 0) is 29.3 Å². The normalized spacial score (nSPS) is 11.9. The predicted molar refractivity (Wildman–Crippen MR) is 111 cm³/mol. The number of para-hydroxylation sites is 1. The first-order chi connectivity index (χ1) is 13.9. The number of H-pyrrole nitrogens is 1. The lowest BCUT2D eigenvalue weighted by Gasteiger charge is -2.14. The molecule has 0 aliphatic carbocycles. The van der Waals surface area contributed by atoms with E-state index in [2.05, 4.69) is 10.3 Å². The van der Waals surface area contributed by atoms with E-state index in [1.165, 1.54) is 0 Å². The number of rotatable bonds is 9. The summed E-state index contributed by atoms with van der Waals surface area (Å²) in [5, 5.41) is 13.5. The smallest absolute Gasteiger partial charge is 0.326 e. The van der Waals surface area contributed by atoms with E-state index in [0.717, 1.165) is 22.0 Å². The van der Waals surface area contributed by atoms with Crippen molar-refractivity contribution in [2.45, 2.75) is 31.7 Å². The molecule has 1 aromatic heterocycles. The first-order valence-corrected chi connectivity index (χ1v) is 9.63. The highest BCUT2D eigenvalue weighted by molar-refractivity contribution is 6.30. The van der Waals surface area contributed by atoms with Crippen LogP contribution in [0.5, 0.6) is 0 Å². The zero-order valence-electron chi connectivity index (χ0n) is 15.7. The van der Waals surface area contributed by atoms with Gasteiger partial charge in [0.1, 0.15) is 11.8 Å². The second-order valence-corrected chi connectivity index (χ2v) is 7.30. The number of aromatic amines is 1. The molecule has 1 heterocycles. The molecule has 1 atom stereocenters. The van der Waals surface area contributed by atoms with Crippen LogP contribution >= 0.6 is 11.6 Å². The lowest BCUT2D eigenvalue weighted by atomic mass is 10.0. The third-order valence-electron chi connectivity index (χ3n) is 4.68. The van der Waals surface area contributed by atoms with Crippen LogP contribution in [-0.2, 0) is 27.2 Å². The highest BCUT2D eigenvalue weighted by Gasteiger charge is 2.22. The van der Waals surface area contributed by atoms with Crippen LogP contribution in [0.25, 0.3) is 10.9 Å². The van der Waals surface area contributed by atoms with E-state index in [-0.39, 0.29) is 31.5 Å². The fraction of sp³-hybridized carbons (Fsp3) is 0.227. The number of hydrogen-bond acceptors (Lipinski definition) is 3. The van der Waals surface area contributed by atoms with Gasteiger partial charge in [-0.25, -0.2) is 4.79 Å². The molecule has 7 heteroatoms. The maximum absolute atomic E-state index is 12.2. The molecule has 150 valence electrons. The molecule has 3 rings (SSSR count). The van der Waals surface area contributed by atoms with Crippen LogP contribution in [0.3, 0.4) is 0 Å². The molecule has 3 aromatic rings. The van der Waals surface area contributed by atoms with Crippen LogP contribution in [0.1, 0.15) is 24.0 Å². The number of amides is 1. The Balaban J connectivity index is 1.53. The van der Waals surface area contributed by atoms with Crippen LogP contribution in [0.4, 0.5) is 0 Å². The SMILES string of the molecule is O=C(CCC(=O)NC(Cc1c[nH]c2ccccc12)C(=O)O)Cc1ccc(Cl)cc1. The van der Waals surface area contributed by atoms with Gasteiger partial charge in [-0.3, -0.25) is 9.59 Å². The number of aliphatic carboxylic acids is 1. The first kappa shape index (κ1) is 20.6. The van der Waals surface area contributed by atoms with Crippen LogP contribution in [0, 0.1) is 0 Å². The Morgan fingerprint density at radius 2 is 1.76 bits per heavy atom. The van der Waals surface area contributed by atoms with Gasteiger partial charge in [0, 0.05) is 47.8 Å². The van der Waals surface area contributed by atoms with Gasteiger partial charge < -0.3 is 15.4 Å². The molecule has 1 amide bonds. The molecule has 0 spiro atoms. The minimum absolute atomic E-state index is 0.0495. The molecule has 3 N–H and O–H groups in total. The number of carboxylic acid groups (broad SMARTS) is 1. The topological polar surface area (TPSA) is 99.3 Å². The molecule has 2 aromatic carbocycles. The molecule has 0 bridgehead atoms. The van der Waals surface area contributed by atoms with E-state index in [0.29, 0.717) is 5.02 Å². The van der Waals surface area contributed by atoms with E-state index in [1.807, 2.05) is 24.3 Å². The molecular formula is C22H21ClN2O4. The summed E-state index contributed by atoms with van der Waals surface area (Å²) in [6.45, 7) is 0. The van der Waals surface area contributed by atoms with Gasteiger partial charge in [0.05, 0.1) is 0 Å². The maximum Gasteiger partial charge on any atom is 0.326 e. The number of carbonyl (C=O) groups is 3. The molecule has 0 saturated heterocycles. The van der Waals surface area contributed by atoms with Gasteiger partial charge in [-0.2, -0.15) is 0 Å². The quantitative estimate of drug-likeness (QED) is 0.500. The minimum atomic E-state index is -1.11. The highest BCUT2D eigenvalue weighted by atomic mass is 35.5. The van der Waals surface area contributed by atoms with E-state index < -0.39 is 17.9 Å². The number of Topliss-reactive ketones (excluding diaryl/α,β-unsaturated/α-hetero) is 1. The van der Waals surface area contributed by atoms with Gasteiger partial charge in [0.15, 0.2) is 0 Å². The Labute approximate surface area is 172 Å². The summed E-state index contributed by atoms with van der Waals surface area (Å²) < 4.78 is 0. The van der Waals surface area contributed by atoms with E-state index in [4.69, 9.17) is 11.6 Å². The summed E-state index contributed by atoms with van der Waals surface area (Å²) in [4.78, 5) is 39.0. The average Bonchev–Trinajstić information content (AvgIpc) is 3.10. The van der Waals surface area contributed by atoms with Gasteiger partial charge >= 0.3 is 5.97 Å². The standard InChI is InChI=1S/C22H21ClN2O4/c23-16-7-5-14(6-8-16)11-17(26)9-10-21(27)25-20(22(28)29)12-15-13-24-19-4-2-1-3-18(15)19/h1-8,13,20,24H,9-12H2,(H,25,27)(H,28,29). The van der Waals surface area contributed by atoms with Crippen LogP contribution < -0.4 is 5.32 Å². The van der Waals surface area contributed by atoms with Gasteiger partial charge in [0.25, 0.3) is 0 Å². The molecule has 0 fully saturated rings. The van der Waals surface area contributed by atoms with Crippen molar-refractivity contribution < 1.29 is 19.5 Å². The maximum atomic E-state index is 12.2. The van der Waals surface area contributed by atoms with Crippen molar-refractivity contribution in [3.63, 3.8) is 0 Å². The zero-order valence-corrected chi connectivity index (χ0v) is 16.4. The monoisotopic (exact) mass is 412 g/mol. The van der Waals surface area contributed by atoms with Crippen molar-refractivity contribution >= 4 is 40.2 Å². The number of aromatic nitrogens is 1. The Kier molecular flexibility index (Phi) is 6.67. The molecule has 0 aliphatic rings. The summed E-state index contributed by atoms with van der Waals surface area (Å²) in [5.41, 5.74) is 2.54. The molecule has 29 heavy (non-hydrogen) atoms. The first-order valence-electron chi connectivity index (χ1n) is 9.25. The largest absolute Gasteiger partial charge is 0.480 e. The Hall–Kier alpha value is -3.12. The lowest BCUT2D eigenvalue weighted by molar-refractivity contribution is -0.141. The third kappa shape index (κ3) is 5.68. The number of ketones is 1. The van der Waals surface area contributed by atoms with Crippen LogP contribution in [0.15, 0.2) is 54.7 Å². The number of carboxylic acids is 1. The summed E-state index contributed by atoms with van der Waals surface area (Å²) in [5.74, 6) is -1.66. The predicted octanol–water partition coefficient (Wildman–Crippen LogP) is 3.53. The van der Waals surface area contributed by atoms with Crippen molar-refractivity contribution in [2.24, 2.45) is 0 Å². The van der Waals surface area contributed by atoms with Crippen molar-refractivity contribution in [3.8, 4) is 0 Å². The van der Waals surface area contributed by atoms with Crippen LogP contribution in [0.2, 0.25) is 5.02 Å². The van der Waals surface area contributed by atoms with Gasteiger partial charge in [0.2, 0.25) is 5.91 Å². The second kappa shape index (κ2) is 9.39. The Morgan fingerprint density at radius 3 is 2.48 bits per heavy atom. The Bertz CT molecular complexity index is 1030. The van der Waals surface area contributed by atoms with Crippen molar-refractivity contribution in [2.75, 3.05) is 0 Å². The average molecular weight is 413 g/mol. The number of carbonyl (C=O) groups excluding carboxylic acids is 2. The molecule has 0 aliphatic heterocycles. The molecule has 0 radical (unpaired) electrons. The summed E-state index contributed by atoms with van der Waals surface area (Å²) in [6.07, 6.45) is 2.12. The van der Waals surface area contributed by atoms with Gasteiger partial charge in [-0.15, -0.1) is 0 Å². The second-order valence-electron chi connectivity index (χ2n) is 6.86. The summed E-state index contributed by atoms with van der Waals surface area (Å²) in [7, 11) is 0. The fourth-order valence-electron chi connectivity index (χ4n) is 3.16. The highest BCUT2D eigenvalue weighted by Crippen LogP contribution is 2.19. The molecule has 0 saturated carbocycles. The number of nitrogens with one attached hydrogen (secondary N) is 2. The fourth-order valence-corrected chi connectivity index (χ4v) is 3.28. The zero-order chi connectivity index (χ0) is 20.8. The van der Waals surface area contributed by atoms with E-state index >= 15 is 0 Å². The lowest BCUT2D eigenvalue weighted by Crippen LogP contribution is -2.42.